The van der Waals surface area contributed by atoms with Crippen LogP contribution in [0, 0.1) is 6.92 Å². The highest BCUT2D eigenvalue weighted by Gasteiger charge is 2.32. The predicted molar refractivity (Wildman–Crippen MR) is 67.1 cm³/mol. The van der Waals surface area contributed by atoms with Gasteiger partial charge in [-0.05, 0) is 12.1 Å². The number of benzene rings is 1. The predicted octanol–water partition coefficient (Wildman–Crippen LogP) is 2.30. The van der Waals surface area contributed by atoms with Crippen molar-refractivity contribution < 1.29 is 9.15 Å². The van der Waals surface area contributed by atoms with Gasteiger partial charge >= 0.3 is 6.01 Å². The molecular formula is C12H12ClN3O2. The minimum atomic E-state index is 0.108. The lowest BCUT2D eigenvalue weighted by molar-refractivity contribution is 0.162. The van der Waals surface area contributed by atoms with Gasteiger partial charge in [0.15, 0.2) is 0 Å². The summed E-state index contributed by atoms with van der Waals surface area (Å²) in [4.78, 5) is 1.97. The van der Waals surface area contributed by atoms with Crippen LogP contribution in [0.3, 0.4) is 0 Å². The highest BCUT2D eigenvalue weighted by Crippen LogP contribution is 2.27. The molecule has 5 nitrogen and oxygen atoms in total. The Bertz CT molecular complexity index is 552. The lowest BCUT2D eigenvalue weighted by atomic mass is 10.2. The SMILES string of the molecule is Cc1nnc(N2CC(Oc3ccccc3Cl)C2)o1. The van der Waals surface area contributed by atoms with Crippen molar-refractivity contribution in [2.24, 2.45) is 0 Å². The second-order valence-corrected chi connectivity index (χ2v) is 4.59. The largest absolute Gasteiger partial charge is 0.485 e. The van der Waals surface area contributed by atoms with Crippen molar-refractivity contribution >= 4 is 17.6 Å². The van der Waals surface area contributed by atoms with E-state index in [-0.39, 0.29) is 6.10 Å². The van der Waals surface area contributed by atoms with E-state index >= 15 is 0 Å². The number of hydrogen-bond acceptors (Lipinski definition) is 5. The lowest BCUT2D eigenvalue weighted by Crippen LogP contribution is -2.54. The second kappa shape index (κ2) is 4.49. The fourth-order valence-corrected chi connectivity index (χ4v) is 1.98. The summed E-state index contributed by atoms with van der Waals surface area (Å²) in [6.45, 7) is 3.23. The summed E-state index contributed by atoms with van der Waals surface area (Å²) in [5, 5.41) is 8.38. The molecule has 0 saturated carbocycles. The molecule has 1 aromatic heterocycles. The van der Waals surface area contributed by atoms with Crippen LogP contribution in [0.4, 0.5) is 6.01 Å². The van der Waals surface area contributed by atoms with Crippen LogP contribution in [0.15, 0.2) is 28.7 Å². The number of para-hydroxylation sites is 1. The number of hydrogen-bond donors (Lipinski definition) is 0. The number of rotatable bonds is 3. The van der Waals surface area contributed by atoms with Gasteiger partial charge < -0.3 is 14.1 Å². The Balaban J connectivity index is 1.58. The van der Waals surface area contributed by atoms with Gasteiger partial charge in [0.2, 0.25) is 5.89 Å². The van der Waals surface area contributed by atoms with Gasteiger partial charge in [-0.1, -0.05) is 28.8 Å². The molecule has 94 valence electrons. The third-order valence-electron chi connectivity index (χ3n) is 2.76. The fourth-order valence-electron chi connectivity index (χ4n) is 1.80. The standard InChI is InChI=1S/C12H12ClN3O2/c1-8-14-15-12(17-8)16-6-9(7-16)18-11-5-3-2-4-10(11)13/h2-5,9H,6-7H2,1H3. The highest BCUT2D eigenvalue weighted by atomic mass is 35.5. The van der Waals surface area contributed by atoms with Crippen LogP contribution in [0.1, 0.15) is 5.89 Å². The van der Waals surface area contributed by atoms with E-state index in [1.807, 2.05) is 29.2 Å². The smallest absolute Gasteiger partial charge is 0.318 e. The van der Waals surface area contributed by atoms with E-state index in [1.54, 1.807) is 6.92 Å². The fraction of sp³-hybridized carbons (Fsp3) is 0.333. The number of ether oxygens (including phenoxy) is 1. The number of nitrogens with zero attached hydrogens (tertiary/aromatic N) is 3. The van der Waals surface area contributed by atoms with Gasteiger partial charge in [-0.2, -0.15) is 0 Å². The molecule has 0 amide bonds. The summed E-state index contributed by atoms with van der Waals surface area (Å²) >= 11 is 6.03. The van der Waals surface area contributed by atoms with Crippen molar-refractivity contribution in [1.82, 2.24) is 10.2 Å². The number of anilines is 1. The number of aryl methyl sites for hydroxylation is 1. The molecule has 2 aromatic rings. The van der Waals surface area contributed by atoms with Gasteiger partial charge in [-0.3, -0.25) is 0 Å². The van der Waals surface area contributed by atoms with Gasteiger partial charge in [-0.15, -0.1) is 5.10 Å². The van der Waals surface area contributed by atoms with E-state index in [0.29, 0.717) is 22.7 Å². The van der Waals surface area contributed by atoms with Crippen molar-refractivity contribution in [2.45, 2.75) is 13.0 Å². The Labute approximate surface area is 109 Å². The Morgan fingerprint density at radius 2 is 2.11 bits per heavy atom. The monoisotopic (exact) mass is 265 g/mol. The van der Waals surface area contributed by atoms with Gasteiger partial charge in [0, 0.05) is 6.92 Å². The first kappa shape index (κ1) is 11.3. The molecule has 1 fully saturated rings. The highest BCUT2D eigenvalue weighted by molar-refractivity contribution is 6.32. The Morgan fingerprint density at radius 1 is 1.33 bits per heavy atom. The zero-order chi connectivity index (χ0) is 12.5. The summed E-state index contributed by atoms with van der Waals surface area (Å²) in [6.07, 6.45) is 0.108. The second-order valence-electron chi connectivity index (χ2n) is 4.18. The first-order valence-electron chi connectivity index (χ1n) is 5.68. The number of aromatic nitrogens is 2. The lowest BCUT2D eigenvalue weighted by Gasteiger charge is -2.37. The zero-order valence-corrected chi connectivity index (χ0v) is 10.6. The molecule has 0 spiro atoms. The van der Waals surface area contributed by atoms with E-state index in [0.717, 1.165) is 13.1 Å². The van der Waals surface area contributed by atoms with Crippen LogP contribution in [0.2, 0.25) is 5.02 Å². The maximum Gasteiger partial charge on any atom is 0.318 e. The molecule has 3 rings (SSSR count). The quantitative estimate of drug-likeness (QED) is 0.852. The van der Waals surface area contributed by atoms with Crippen molar-refractivity contribution in [3.8, 4) is 5.75 Å². The topological polar surface area (TPSA) is 51.4 Å². The molecule has 18 heavy (non-hydrogen) atoms. The van der Waals surface area contributed by atoms with Gasteiger partial charge in [0.05, 0.1) is 18.1 Å². The van der Waals surface area contributed by atoms with Gasteiger partial charge in [-0.25, -0.2) is 0 Å². The maximum atomic E-state index is 6.03. The van der Waals surface area contributed by atoms with Crippen LogP contribution in [-0.4, -0.2) is 29.4 Å². The molecule has 0 atom stereocenters. The summed E-state index contributed by atoms with van der Waals surface area (Å²) in [5.41, 5.74) is 0. The normalized spacial score (nSPS) is 15.6. The molecule has 0 aliphatic carbocycles. The molecule has 0 radical (unpaired) electrons. The molecule has 0 N–H and O–H groups in total. The molecule has 6 heteroatoms. The van der Waals surface area contributed by atoms with E-state index in [4.69, 9.17) is 20.8 Å². The van der Waals surface area contributed by atoms with E-state index in [2.05, 4.69) is 10.2 Å². The molecule has 0 unspecified atom stereocenters. The Kier molecular flexibility index (Phi) is 2.83. The van der Waals surface area contributed by atoms with Crippen molar-refractivity contribution in [2.75, 3.05) is 18.0 Å². The molecule has 1 aliphatic rings. The van der Waals surface area contributed by atoms with Gasteiger partial charge in [0.25, 0.3) is 0 Å². The summed E-state index contributed by atoms with van der Waals surface area (Å²) < 4.78 is 11.1. The van der Waals surface area contributed by atoms with E-state index in [9.17, 15) is 0 Å². The van der Waals surface area contributed by atoms with Crippen molar-refractivity contribution in [1.29, 1.82) is 0 Å². The zero-order valence-electron chi connectivity index (χ0n) is 9.84. The van der Waals surface area contributed by atoms with E-state index in [1.165, 1.54) is 0 Å². The first-order valence-corrected chi connectivity index (χ1v) is 6.06. The van der Waals surface area contributed by atoms with Crippen LogP contribution in [-0.2, 0) is 0 Å². The molecule has 1 saturated heterocycles. The molecule has 0 bridgehead atoms. The summed E-state index contributed by atoms with van der Waals surface area (Å²) in [5.74, 6) is 1.28. The van der Waals surface area contributed by atoms with Crippen LogP contribution >= 0.6 is 11.6 Å². The van der Waals surface area contributed by atoms with Crippen LogP contribution in [0.5, 0.6) is 5.75 Å². The first-order chi connectivity index (χ1) is 8.72. The van der Waals surface area contributed by atoms with Crippen LogP contribution < -0.4 is 9.64 Å². The number of halogens is 1. The summed E-state index contributed by atoms with van der Waals surface area (Å²) in [6, 6.07) is 8.01. The summed E-state index contributed by atoms with van der Waals surface area (Å²) in [7, 11) is 0. The molecule has 1 aromatic carbocycles. The molecule has 2 heterocycles. The molecular weight excluding hydrogens is 254 g/mol. The third kappa shape index (κ3) is 2.13. The van der Waals surface area contributed by atoms with Crippen LogP contribution in [0.25, 0.3) is 0 Å². The van der Waals surface area contributed by atoms with E-state index < -0.39 is 0 Å². The maximum absolute atomic E-state index is 6.03. The van der Waals surface area contributed by atoms with Gasteiger partial charge in [0.1, 0.15) is 11.9 Å². The average molecular weight is 266 g/mol. The molecule has 1 aliphatic heterocycles. The average Bonchev–Trinajstić information content (AvgIpc) is 2.71. The minimum absolute atomic E-state index is 0.108. The minimum Gasteiger partial charge on any atom is -0.485 e. The van der Waals surface area contributed by atoms with Crippen molar-refractivity contribution in [3.05, 3.63) is 35.2 Å². The Hall–Kier alpha value is -1.75. The third-order valence-corrected chi connectivity index (χ3v) is 3.08. The van der Waals surface area contributed by atoms with Crippen molar-refractivity contribution in [3.63, 3.8) is 0 Å². The Morgan fingerprint density at radius 3 is 2.78 bits per heavy atom.